The summed E-state index contributed by atoms with van der Waals surface area (Å²) in [7, 11) is 0. The second-order valence-corrected chi connectivity index (χ2v) is 9.31. The first-order chi connectivity index (χ1) is 16.6. The number of unbranched alkanes of at least 4 members (excludes halogenated alkanes) is 1. The van der Waals surface area contributed by atoms with Crippen LogP contribution < -0.4 is 5.32 Å². The molecule has 1 unspecified atom stereocenters. The van der Waals surface area contributed by atoms with E-state index in [4.69, 9.17) is 9.40 Å². The van der Waals surface area contributed by atoms with Crippen LogP contribution in [0.5, 0.6) is 0 Å². The van der Waals surface area contributed by atoms with Crippen molar-refractivity contribution in [1.29, 1.82) is 0 Å². The maximum Gasteiger partial charge on any atom is 0.253 e. The molecule has 0 saturated carbocycles. The minimum Gasteiger partial charge on any atom is -0.467 e. The molecule has 4 aromatic rings. The van der Waals surface area contributed by atoms with E-state index in [9.17, 15) is 4.79 Å². The van der Waals surface area contributed by atoms with Crippen molar-refractivity contribution in [2.45, 2.75) is 53.0 Å². The fraction of sp³-hybridized carbons (Fsp3) is 0.385. The Kier molecular flexibility index (Phi) is 7.90. The van der Waals surface area contributed by atoms with Crippen LogP contribution >= 0.6 is 11.3 Å². The van der Waals surface area contributed by atoms with Crippen LogP contribution in [0.3, 0.4) is 0 Å². The van der Waals surface area contributed by atoms with E-state index >= 15 is 0 Å². The van der Waals surface area contributed by atoms with E-state index in [0.29, 0.717) is 24.6 Å². The Bertz CT molecular complexity index is 1200. The van der Waals surface area contributed by atoms with Gasteiger partial charge >= 0.3 is 0 Å². The molecule has 0 saturated heterocycles. The smallest absolute Gasteiger partial charge is 0.253 e. The van der Waals surface area contributed by atoms with Gasteiger partial charge in [0, 0.05) is 30.0 Å². The molecule has 1 amide bonds. The van der Waals surface area contributed by atoms with Crippen LogP contribution in [0.1, 0.15) is 61.3 Å². The van der Waals surface area contributed by atoms with Crippen LogP contribution in [0.4, 0.5) is 0 Å². The predicted molar refractivity (Wildman–Crippen MR) is 135 cm³/mol. The third-order valence-electron chi connectivity index (χ3n) is 6.15. The highest BCUT2D eigenvalue weighted by atomic mass is 32.1. The van der Waals surface area contributed by atoms with Crippen molar-refractivity contribution in [3.8, 4) is 22.1 Å². The molecule has 178 valence electrons. The standard InChI is InChI=1S/C26H31N5O2S/c1-4-6-8-19(5-2)14-29-25(32)21-13-24(31(18(21)3)16-20-9-7-12-33-20)23-17-34-26(30-23)22-15-27-10-11-28-22/h7,9-13,15,17,19H,4-6,8,14,16H2,1-3H3,(H,29,32). The summed E-state index contributed by atoms with van der Waals surface area (Å²) in [5, 5.41) is 5.96. The molecule has 8 heteroatoms. The van der Waals surface area contributed by atoms with Crippen molar-refractivity contribution in [2.75, 3.05) is 6.54 Å². The number of hydrogen-bond acceptors (Lipinski definition) is 6. The van der Waals surface area contributed by atoms with Gasteiger partial charge in [0.2, 0.25) is 0 Å². The number of furan rings is 1. The van der Waals surface area contributed by atoms with Crippen LogP contribution in [0.25, 0.3) is 22.1 Å². The minimum atomic E-state index is -0.0451. The van der Waals surface area contributed by atoms with Crippen molar-refractivity contribution < 1.29 is 9.21 Å². The largest absolute Gasteiger partial charge is 0.467 e. The normalized spacial score (nSPS) is 12.1. The molecule has 0 fully saturated rings. The molecule has 0 aliphatic carbocycles. The van der Waals surface area contributed by atoms with Gasteiger partial charge in [-0.25, -0.2) is 4.98 Å². The highest BCUT2D eigenvalue weighted by Crippen LogP contribution is 2.31. The fourth-order valence-corrected chi connectivity index (χ4v) is 4.82. The summed E-state index contributed by atoms with van der Waals surface area (Å²) in [5.41, 5.74) is 3.97. The second kappa shape index (κ2) is 11.2. The van der Waals surface area contributed by atoms with Gasteiger partial charge in [-0.3, -0.25) is 14.8 Å². The number of carbonyl (C=O) groups excluding carboxylic acids is 1. The maximum absolute atomic E-state index is 13.2. The van der Waals surface area contributed by atoms with Gasteiger partial charge in [0.1, 0.15) is 16.5 Å². The molecular weight excluding hydrogens is 446 g/mol. The van der Waals surface area contributed by atoms with E-state index in [1.54, 1.807) is 24.9 Å². The topological polar surface area (TPSA) is 85.8 Å². The molecule has 4 rings (SSSR count). The lowest BCUT2D eigenvalue weighted by Gasteiger charge is -2.15. The molecule has 1 atom stereocenters. The highest BCUT2D eigenvalue weighted by molar-refractivity contribution is 7.13. The van der Waals surface area contributed by atoms with Gasteiger partial charge in [-0.2, -0.15) is 0 Å². The average molecular weight is 478 g/mol. The number of nitrogens with zero attached hydrogens (tertiary/aromatic N) is 4. The average Bonchev–Trinajstić information content (AvgIpc) is 3.62. The van der Waals surface area contributed by atoms with Crippen molar-refractivity contribution in [2.24, 2.45) is 5.92 Å². The van der Waals surface area contributed by atoms with Crippen LogP contribution in [0.15, 0.2) is 52.9 Å². The van der Waals surface area contributed by atoms with Crippen molar-refractivity contribution >= 4 is 17.2 Å². The molecule has 4 aromatic heterocycles. The Hall–Kier alpha value is -3.26. The summed E-state index contributed by atoms with van der Waals surface area (Å²) in [6.45, 7) is 7.58. The molecular formula is C26H31N5O2S. The molecule has 0 bridgehead atoms. The number of nitrogens with one attached hydrogen (secondary N) is 1. The number of hydrogen-bond donors (Lipinski definition) is 1. The first-order valence-corrected chi connectivity index (χ1v) is 12.7. The molecule has 34 heavy (non-hydrogen) atoms. The summed E-state index contributed by atoms with van der Waals surface area (Å²) in [4.78, 5) is 26.5. The molecule has 0 aliphatic heterocycles. The molecule has 0 aliphatic rings. The van der Waals surface area contributed by atoms with E-state index in [2.05, 4.69) is 33.7 Å². The predicted octanol–water partition coefficient (Wildman–Crippen LogP) is 5.96. The van der Waals surface area contributed by atoms with E-state index in [-0.39, 0.29) is 5.91 Å². The van der Waals surface area contributed by atoms with Crippen LogP contribution in [-0.4, -0.2) is 32.0 Å². The number of carbonyl (C=O) groups is 1. The van der Waals surface area contributed by atoms with Crippen LogP contribution in [0, 0.1) is 12.8 Å². The summed E-state index contributed by atoms with van der Waals surface area (Å²) in [5.74, 6) is 1.28. The minimum absolute atomic E-state index is 0.0451. The zero-order valence-corrected chi connectivity index (χ0v) is 20.8. The van der Waals surface area contributed by atoms with Gasteiger partial charge in [0.15, 0.2) is 0 Å². The van der Waals surface area contributed by atoms with Gasteiger partial charge < -0.3 is 14.3 Å². The van der Waals surface area contributed by atoms with Crippen LogP contribution in [0.2, 0.25) is 0 Å². The highest BCUT2D eigenvalue weighted by Gasteiger charge is 2.22. The summed E-state index contributed by atoms with van der Waals surface area (Å²) < 4.78 is 7.70. The summed E-state index contributed by atoms with van der Waals surface area (Å²) in [6, 6.07) is 5.75. The Morgan fingerprint density at radius 2 is 2.15 bits per heavy atom. The van der Waals surface area contributed by atoms with Gasteiger partial charge in [-0.15, -0.1) is 11.3 Å². The monoisotopic (exact) mass is 477 g/mol. The summed E-state index contributed by atoms with van der Waals surface area (Å²) >= 11 is 1.51. The third-order valence-corrected chi connectivity index (χ3v) is 7.01. The summed E-state index contributed by atoms with van der Waals surface area (Å²) in [6.07, 6.45) is 11.2. The first-order valence-electron chi connectivity index (χ1n) is 11.8. The molecule has 0 radical (unpaired) electrons. The number of thiazole rings is 1. The van der Waals surface area contributed by atoms with E-state index in [1.807, 2.05) is 30.5 Å². The quantitative estimate of drug-likeness (QED) is 0.288. The Balaban J connectivity index is 1.63. The van der Waals surface area contributed by atoms with E-state index in [1.165, 1.54) is 24.2 Å². The molecule has 0 aromatic carbocycles. The van der Waals surface area contributed by atoms with E-state index in [0.717, 1.165) is 46.4 Å². The second-order valence-electron chi connectivity index (χ2n) is 8.45. The zero-order chi connectivity index (χ0) is 23.9. The number of rotatable bonds is 11. The lowest BCUT2D eigenvalue weighted by atomic mass is 9.99. The molecule has 0 spiro atoms. The number of amides is 1. The van der Waals surface area contributed by atoms with Crippen LogP contribution in [-0.2, 0) is 6.54 Å². The van der Waals surface area contributed by atoms with Gasteiger partial charge in [0.25, 0.3) is 5.91 Å². The van der Waals surface area contributed by atoms with Gasteiger partial charge in [-0.05, 0) is 37.5 Å². The molecule has 7 nitrogen and oxygen atoms in total. The van der Waals surface area contributed by atoms with Crippen molar-refractivity contribution in [3.63, 3.8) is 0 Å². The third kappa shape index (κ3) is 5.44. The molecule has 1 N–H and O–H groups in total. The first kappa shape index (κ1) is 23.9. The fourth-order valence-electron chi connectivity index (χ4n) is 4.04. The van der Waals surface area contributed by atoms with Gasteiger partial charge in [0.05, 0.1) is 36.0 Å². The molecule has 4 heterocycles. The maximum atomic E-state index is 13.2. The zero-order valence-electron chi connectivity index (χ0n) is 20.0. The van der Waals surface area contributed by atoms with Crippen molar-refractivity contribution in [3.05, 3.63) is 65.5 Å². The van der Waals surface area contributed by atoms with Gasteiger partial charge in [-0.1, -0.05) is 33.1 Å². The van der Waals surface area contributed by atoms with E-state index < -0.39 is 0 Å². The lowest BCUT2D eigenvalue weighted by molar-refractivity contribution is 0.0945. The SMILES string of the molecule is CCCCC(CC)CNC(=O)c1cc(-c2csc(-c3cnccn3)n2)n(Cc2ccco2)c1C. The lowest BCUT2D eigenvalue weighted by Crippen LogP contribution is -2.29. The Morgan fingerprint density at radius 1 is 1.26 bits per heavy atom. The Morgan fingerprint density at radius 3 is 2.85 bits per heavy atom. The van der Waals surface area contributed by atoms with Crippen molar-refractivity contribution in [1.82, 2.24) is 24.8 Å². The Labute approximate surface area is 204 Å². The number of aromatic nitrogens is 4.